The molecule has 0 radical (unpaired) electrons. The quantitative estimate of drug-likeness (QED) is 0.435. The monoisotopic (exact) mass is 417 g/mol. The molecule has 0 aromatic heterocycles. The van der Waals surface area contributed by atoms with Crippen LogP contribution in [0.25, 0.3) is 0 Å². The first kappa shape index (κ1) is 20.9. The number of carbonyl (C=O) groups excluding carboxylic acids is 2. The molecular formula is C18H19F4N3O4. The van der Waals surface area contributed by atoms with Crippen LogP contribution in [0.5, 0.6) is 11.5 Å². The molecule has 29 heavy (non-hydrogen) atoms. The van der Waals surface area contributed by atoms with E-state index in [1.54, 1.807) is 0 Å². The van der Waals surface area contributed by atoms with Gasteiger partial charge in [0.2, 0.25) is 0 Å². The van der Waals surface area contributed by atoms with E-state index in [0.717, 1.165) is 37.3 Å². The molecule has 2 fully saturated rings. The standard InChI is InChI=1S/C18H19F4N3O4/c1-10-4-6-18(7-5-10)14(26)25(17(27)24-18)23-9-11-2-3-12(28-15(19)20)8-13(11)29-16(21)22/h2-3,8-10,15-16H,4-7H2,1H3,(H,24,27)/b23-9-. The number of ether oxygens (including phenoxy) is 2. The second-order valence-electron chi connectivity index (χ2n) is 7.01. The molecule has 0 atom stereocenters. The summed E-state index contributed by atoms with van der Waals surface area (Å²) >= 11 is 0. The number of hydrazone groups is 1. The summed E-state index contributed by atoms with van der Waals surface area (Å²) in [4.78, 5) is 25.0. The van der Waals surface area contributed by atoms with Gasteiger partial charge in [0.15, 0.2) is 0 Å². The number of halogens is 4. The molecule has 1 aromatic carbocycles. The number of hydrogen-bond donors (Lipinski definition) is 1. The van der Waals surface area contributed by atoms with Crippen LogP contribution in [0.1, 0.15) is 38.2 Å². The van der Waals surface area contributed by atoms with Gasteiger partial charge < -0.3 is 14.8 Å². The van der Waals surface area contributed by atoms with Crippen molar-refractivity contribution in [3.63, 3.8) is 0 Å². The van der Waals surface area contributed by atoms with E-state index >= 15 is 0 Å². The summed E-state index contributed by atoms with van der Waals surface area (Å²) in [5, 5.41) is 7.13. The van der Waals surface area contributed by atoms with E-state index in [-0.39, 0.29) is 5.56 Å². The molecule has 11 heteroatoms. The minimum Gasteiger partial charge on any atom is -0.435 e. The van der Waals surface area contributed by atoms with Crippen LogP contribution in [0, 0.1) is 5.92 Å². The highest BCUT2D eigenvalue weighted by Gasteiger charge is 2.52. The van der Waals surface area contributed by atoms with Gasteiger partial charge >= 0.3 is 19.3 Å². The molecule has 158 valence electrons. The van der Waals surface area contributed by atoms with Gasteiger partial charge in [0, 0.05) is 11.6 Å². The van der Waals surface area contributed by atoms with Gasteiger partial charge in [-0.25, -0.2) is 4.79 Å². The zero-order chi connectivity index (χ0) is 21.2. The fraction of sp³-hybridized carbons (Fsp3) is 0.500. The van der Waals surface area contributed by atoms with Gasteiger partial charge in [0.25, 0.3) is 5.91 Å². The predicted molar refractivity (Wildman–Crippen MR) is 93.0 cm³/mol. The Morgan fingerprint density at radius 2 is 1.83 bits per heavy atom. The Hall–Kier alpha value is -2.85. The first-order valence-electron chi connectivity index (χ1n) is 8.94. The summed E-state index contributed by atoms with van der Waals surface area (Å²) in [7, 11) is 0. The van der Waals surface area contributed by atoms with Gasteiger partial charge in [-0.2, -0.15) is 22.7 Å². The zero-order valence-electron chi connectivity index (χ0n) is 15.4. The van der Waals surface area contributed by atoms with Crippen molar-refractivity contribution in [3.05, 3.63) is 23.8 Å². The number of benzene rings is 1. The molecule has 1 aliphatic carbocycles. The van der Waals surface area contributed by atoms with E-state index in [1.807, 2.05) is 0 Å². The lowest BCUT2D eigenvalue weighted by Gasteiger charge is -2.33. The molecule has 1 spiro atoms. The Morgan fingerprint density at radius 3 is 2.45 bits per heavy atom. The van der Waals surface area contributed by atoms with Gasteiger partial charge in [-0.05, 0) is 43.7 Å². The topological polar surface area (TPSA) is 80.2 Å². The SMILES string of the molecule is CC1CCC2(CC1)NC(=O)N(/N=C\c1ccc(OC(F)F)cc1OC(F)F)C2=O. The molecule has 1 saturated heterocycles. The first-order valence-corrected chi connectivity index (χ1v) is 8.94. The van der Waals surface area contributed by atoms with Crippen LogP contribution >= 0.6 is 0 Å². The molecule has 7 nitrogen and oxygen atoms in total. The second-order valence-corrected chi connectivity index (χ2v) is 7.01. The Balaban J connectivity index is 1.81. The van der Waals surface area contributed by atoms with E-state index in [4.69, 9.17) is 0 Å². The lowest BCUT2D eigenvalue weighted by Crippen LogP contribution is -2.49. The minimum atomic E-state index is -3.23. The third-order valence-electron chi connectivity index (χ3n) is 5.01. The van der Waals surface area contributed by atoms with Crippen molar-refractivity contribution in [1.82, 2.24) is 10.3 Å². The Labute approximate surface area is 163 Å². The minimum absolute atomic E-state index is 0.0502. The highest BCUT2D eigenvalue weighted by molar-refractivity contribution is 6.07. The van der Waals surface area contributed by atoms with Crippen molar-refractivity contribution < 1.29 is 36.6 Å². The van der Waals surface area contributed by atoms with Crippen molar-refractivity contribution in [2.24, 2.45) is 11.0 Å². The van der Waals surface area contributed by atoms with E-state index in [9.17, 15) is 27.2 Å². The first-order chi connectivity index (χ1) is 13.7. The number of carbonyl (C=O) groups is 2. The molecule has 0 bridgehead atoms. The highest BCUT2D eigenvalue weighted by atomic mass is 19.3. The third-order valence-corrected chi connectivity index (χ3v) is 5.01. The molecule has 1 aromatic rings. The van der Waals surface area contributed by atoms with E-state index in [1.165, 1.54) is 0 Å². The number of alkyl halides is 4. The number of urea groups is 1. The summed E-state index contributed by atoms with van der Waals surface area (Å²) < 4.78 is 58.4. The summed E-state index contributed by atoms with van der Waals surface area (Å²) in [5.41, 5.74) is -1.05. The molecule has 3 rings (SSSR count). The number of imide groups is 1. The molecule has 1 N–H and O–H groups in total. The second kappa shape index (κ2) is 8.26. The fourth-order valence-electron chi connectivity index (χ4n) is 3.42. The van der Waals surface area contributed by atoms with Crippen molar-refractivity contribution in [3.8, 4) is 11.5 Å². The number of amides is 3. The van der Waals surface area contributed by atoms with Crippen molar-refractivity contribution in [2.45, 2.75) is 51.4 Å². The van der Waals surface area contributed by atoms with Crippen LogP contribution in [0.2, 0.25) is 0 Å². The molecule has 2 aliphatic rings. The maximum atomic E-state index is 12.7. The Bertz CT molecular complexity index is 810. The van der Waals surface area contributed by atoms with Crippen LogP contribution in [-0.2, 0) is 4.79 Å². The molecular weight excluding hydrogens is 398 g/mol. The number of nitrogens with zero attached hydrogens (tertiary/aromatic N) is 2. The van der Waals surface area contributed by atoms with Crippen LogP contribution in [-0.4, -0.2) is 41.9 Å². The van der Waals surface area contributed by atoms with Gasteiger partial charge in [0.1, 0.15) is 17.0 Å². The lowest BCUT2D eigenvalue weighted by molar-refractivity contribution is -0.132. The predicted octanol–water partition coefficient (Wildman–Crippen LogP) is 3.72. The van der Waals surface area contributed by atoms with Crippen LogP contribution in [0.15, 0.2) is 23.3 Å². The van der Waals surface area contributed by atoms with Crippen molar-refractivity contribution in [1.29, 1.82) is 0 Å². The third kappa shape index (κ3) is 4.60. The number of hydrogen-bond acceptors (Lipinski definition) is 5. The van der Waals surface area contributed by atoms with Crippen molar-refractivity contribution in [2.75, 3.05) is 0 Å². The normalized spacial score (nSPS) is 24.8. The molecule has 0 unspecified atom stereocenters. The van der Waals surface area contributed by atoms with E-state index in [0.29, 0.717) is 23.8 Å². The van der Waals surface area contributed by atoms with Gasteiger partial charge in [-0.1, -0.05) is 6.92 Å². The lowest BCUT2D eigenvalue weighted by atomic mass is 9.77. The highest BCUT2D eigenvalue weighted by Crippen LogP contribution is 2.36. The molecule has 3 amide bonds. The average molecular weight is 417 g/mol. The van der Waals surface area contributed by atoms with Gasteiger partial charge in [0.05, 0.1) is 6.21 Å². The largest absolute Gasteiger partial charge is 0.435 e. The van der Waals surface area contributed by atoms with Crippen LogP contribution < -0.4 is 14.8 Å². The summed E-state index contributed by atoms with van der Waals surface area (Å²) in [6.07, 6.45) is 3.52. The molecule has 1 heterocycles. The van der Waals surface area contributed by atoms with E-state index < -0.39 is 42.2 Å². The molecule has 1 aliphatic heterocycles. The number of nitrogens with one attached hydrogen (secondary N) is 1. The maximum Gasteiger partial charge on any atom is 0.387 e. The Morgan fingerprint density at radius 1 is 1.17 bits per heavy atom. The fourth-order valence-corrected chi connectivity index (χ4v) is 3.42. The summed E-state index contributed by atoms with van der Waals surface area (Å²) in [6.45, 7) is -4.31. The molecule has 1 saturated carbocycles. The summed E-state index contributed by atoms with van der Waals surface area (Å²) in [6, 6.07) is 2.38. The average Bonchev–Trinajstić information content (AvgIpc) is 2.86. The maximum absolute atomic E-state index is 12.7. The Kier molecular flexibility index (Phi) is 5.94. The summed E-state index contributed by atoms with van der Waals surface area (Å²) in [5.74, 6) is -0.946. The smallest absolute Gasteiger partial charge is 0.387 e. The number of rotatable bonds is 6. The van der Waals surface area contributed by atoms with Gasteiger partial charge in [-0.15, -0.1) is 5.01 Å². The van der Waals surface area contributed by atoms with Crippen molar-refractivity contribution >= 4 is 18.2 Å². The van der Waals surface area contributed by atoms with Crippen LogP contribution in [0.4, 0.5) is 22.4 Å². The zero-order valence-corrected chi connectivity index (χ0v) is 15.4. The van der Waals surface area contributed by atoms with Crippen LogP contribution in [0.3, 0.4) is 0 Å². The van der Waals surface area contributed by atoms with Gasteiger partial charge in [-0.3, -0.25) is 4.79 Å². The van der Waals surface area contributed by atoms with E-state index in [2.05, 4.69) is 26.8 Å².